The minimum atomic E-state index is -0.959. The second kappa shape index (κ2) is 5.65. The summed E-state index contributed by atoms with van der Waals surface area (Å²) in [7, 11) is 0. The van der Waals surface area contributed by atoms with Crippen molar-refractivity contribution in [2.75, 3.05) is 13.1 Å². The van der Waals surface area contributed by atoms with Crippen molar-refractivity contribution in [3.8, 4) is 0 Å². The van der Waals surface area contributed by atoms with Gasteiger partial charge in [-0.2, -0.15) is 0 Å². The molecular formula is C16H21NO3. The minimum Gasteiger partial charge on any atom is -0.480 e. The number of carbonyl (C=O) groups excluding carboxylic acids is 1. The van der Waals surface area contributed by atoms with Crippen molar-refractivity contribution in [2.45, 2.75) is 38.5 Å². The largest absolute Gasteiger partial charge is 0.480 e. The summed E-state index contributed by atoms with van der Waals surface area (Å²) in [5.41, 5.74) is 1.65. The summed E-state index contributed by atoms with van der Waals surface area (Å²) in [4.78, 5) is 25.1. The molecule has 0 heterocycles. The van der Waals surface area contributed by atoms with Crippen molar-refractivity contribution in [3.63, 3.8) is 0 Å². The lowest BCUT2D eigenvalue weighted by Crippen LogP contribution is -2.52. The van der Waals surface area contributed by atoms with Crippen LogP contribution in [0.5, 0.6) is 0 Å². The standard InChI is InChI=1S/C16H21NO3/c1-3-17(11-14(18)19)15(20)16(8-5-9-16)13-7-4-6-12(2)10-13/h4,6-7,10H,3,5,8-9,11H2,1-2H3,(H,18,19). The van der Waals surface area contributed by atoms with E-state index in [1.807, 2.05) is 38.1 Å². The molecule has 4 nitrogen and oxygen atoms in total. The number of aryl methyl sites for hydroxylation is 1. The van der Waals surface area contributed by atoms with Gasteiger partial charge in [0.15, 0.2) is 0 Å². The van der Waals surface area contributed by atoms with E-state index in [1.54, 1.807) is 0 Å². The molecule has 1 fully saturated rings. The van der Waals surface area contributed by atoms with E-state index in [4.69, 9.17) is 5.11 Å². The van der Waals surface area contributed by atoms with Crippen molar-refractivity contribution in [1.82, 2.24) is 4.90 Å². The predicted molar refractivity (Wildman–Crippen MR) is 76.6 cm³/mol. The van der Waals surface area contributed by atoms with Crippen LogP contribution in [-0.2, 0) is 15.0 Å². The smallest absolute Gasteiger partial charge is 0.323 e. The molecule has 1 aliphatic rings. The number of benzene rings is 1. The molecule has 1 aromatic rings. The van der Waals surface area contributed by atoms with Crippen LogP contribution in [0.3, 0.4) is 0 Å². The van der Waals surface area contributed by atoms with Crippen molar-refractivity contribution in [1.29, 1.82) is 0 Å². The lowest BCUT2D eigenvalue weighted by atomic mass is 9.63. The fraction of sp³-hybridized carbons (Fsp3) is 0.500. The maximum atomic E-state index is 12.8. The molecule has 108 valence electrons. The van der Waals surface area contributed by atoms with Gasteiger partial charge < -0.3 is 10.0 Å². The average Bonchev–Trinajstić information content (AvgIpc) is 2.34. The molecule has 0 unspecified atom stereocenters. The molecule has 1 aliphatic carbocycles. The number of hydrogen-bond acceptors (Lipinski definition) is 2. The molecule has 20 heavy (non-hydrogen) atoms. The molecule has 0 atom stereocenters. The first-order chi connectivity index (χ1) is 9.49. The Morgan fingerprint density at radius 3 is 2.50 bits per heavy atom. The first-order valence-electron chi connectivity index (χ1n) is 7.08. The number of carbonyl (C=O) groups is 2. The highest BCUT2D eigenvalue weighted by molar-refractivity contribution is 5.91. The van der Waals surface area contributed by atoms with Crippen LogP contribution < -0.4 is 0 Å². The number of carboxylic acids is 1. The molecule has 4 heteroatoms. The van der Waals surface area contributed by atoms with Gasteiger partial charge in [-0.3, -0.25) is 9.59 Å². The number of carboxylic acid groups (broad SMARTS) is 1. The van der Waals surface area contributed by atoms with Gasteiger partial charge in [0.05, 0.1) is 5.41 Å². The zero-order valence-electron chi connectivity index (χ0n) is 12.1. The third-order valence-corrected chi connectivity index (χ3v) is 4.18. The van der Waals surface area contributed by atoms with Crippen LogP contribution in [0.15, 0.2) is 24.3 Å². The normalized spacial score (nSPS) is 16.3. The fourth-order valence-corrected chi connectivity index (χ4v) is 2.89. The third kappa shape index (κ3) is 2.55. The highest BCUT2D eigenvalue weighted by Crippen LogP contribution is 2.45. The summed E-state index contributed by atoms with van der Waals surface area (Å²) in [6.45, 7) is 4.04. The highest BCUT2D eigenvalue weighted by atomic mass is 16.4. The van der Waals surface area contributed by atoms with Gasteiger partial charge in [0.25, 0.3) is 0 Å². The Hall–Kier alpha value is -1.84. The molecule has 0 saturated heterocycles. The number of amides is 1. The number of nitrogens with zero attached hydrogens (tertiary/aromatic N) is 1. The Morgan fingerprint density at radius 2 is 2.05 bits per heavy atom. The van der Waals surface area contributed by atoms with Crippen LogP contribution in [0, 0.1) is 6.92 Å². The Labute approximate surface area is 119 Å². The van der Waals surface area contributed by atoms with Crippen LogP contribution in [0.2, 0.25) is 0 Å². The van der Waals surface area contributed by atoms with Crippen LogP contribution in [0.25, 0.3) is 0 Å². The molecule has 1 N–H and O–H groups in total. The van der Waals surface area contributed by atoms with E-state index in [1.165, 1.54) is 4.90 Å². The summed E-state index contributed by atoms with van der Waals surface area (Å²) in [6.07, 6.45) is 2.64. The van der Waals surface area contributed by atoms with E-state index in [9.17, 15) is 9.59 Å². The van der Waals surface area contributed by atoms with E-state index in [0.717, 1.165) is 30.4 Å². The maximum absolute atomic E-state index is 12.8. The van der Waals surface area contributed by atoms with E-state index in [0.29, 0.717) is 6.54 Å². The van der Waals surface area contributed by atoms with Gasteiger partial charge in [-0.15, -0.1) is 0 Å². The monoisotopic (exact) mass is 275 g/mol. The fourth-order valence-electron chi connectivity index (χ4n) is 2.89. The lowest BCUT2D eigenvalue weighted by molar-refractivity contribution is -0.149. The number of hydrogen-bond donors (Lipinski definition) is 1. The molecule has 0 aliphatic heterocycles. The molecule has 0 radical (unpaired) electrons. The first-order valence-corrected chi connectivity index (χ1v) is 7.08. The SMILES string of the molecule is CCN(CC(=O)O)C(=O)C1(c2cccc(C)c2)CCC1. The highest BCUT2D eigenvalue weighted by Gasteiger charge is 2.47. The topological polar surface area (TPSA) is 57.6 Å². The number of likely N-dealkylation sites (N-methyl/N-ethyl adjacent to an activating group) is 1. The van der Waals surface area contributed by atoms with E-state index >= 15 is 0 Å². The van der Waals surface area contributed by atoms with E-state index < -0.39 is 11.4 Å². The molecule has 0 spiro atoms. The molecule has 1 amide bonds. The molecule has 0 bridgehead atoms. The Bertz CT molecular complexity index is 520. The van der Waals surface area contributed by atoms with Crippen molar-refractivity contribution < 1.29 is 14.7 Å². The third-order valence-electron chi connectivity index (χ3n) is 4.18. The zero-order chi connectivity index (χ0) is 14.8. The molecule has 0 aromatic heterocycles. The van der Waals surface area contributed by atoms with Crippen molar-refractivity contribution in [3.05, 3.63) is 35.4 Å². The summed E-state index contributed by atoms with van der Waals surface area (Å²) in [5.74, 6) is -1.00. The summed E-state index contributed by atoms with van der Waals surface area (Å²) >= 11 is 0. The summed E-state index contributed by atoms with van der Waals surface area (Å²) in [6, 6.07) is 8.00. The predicted octanol–water partition coefficient (Wildman–Crippen LogP) is 2.35. The van der Waals surface area contributed by atoms with Crippen LogP contribution in [0.4, 0.5) is 0 Å². The second-order valence-corrected chi connectivity index (χ2v) is 5.52. The zero-order valence-corrected chi connectivity index (χ0v) is 12.1. The van der Waals surface area contributed by atoms with Gasteiger partial charge in [0, 0.05) is 6.54 Å². The molecular weight excluding hydrogens is 254 g/mol. The van der Waals surface area contributed by atoms with Crippen LogP contribution >= 0.6 is 0 Å². The lowest BCUT2D eigenvalue weighted by Gasteiger charge is -2.43. The summed E-state index contributed by atoms with van der Waals surface area (Å²) in [5, 5.41) is 8.94. The van der Waals surface area contributed by atoms with Gasteiger partial charge in [-0.25, -0.2) is 0 Å². The van der Waals surface area contributed by atoms with E-state index in [-0.39, 0.29) is 12.5 Å². The van der Waals surface area contributed by atoms with Crippen LogP contribution in [-0.4, -0.2) is 35.0 Å². The maximum Gasteiger partial charge on any atom is 0.323 e. The molecule has 2 rings (SSSR count). The van der Waals surface area contributed by atoms with Gasteiger partial charge >= 0.3 is 5.97 Å². The Morgan fingerprint density at radius 1 is 1.35 bits per heavy atom. The van der Waals surface area contributed by atoms with Crippen LogP contribution in [0.1, 0.15) is 37.3 Å². The average molecular weight is 275 g/mol. The van der Waals surface area contributed by atoms with Gasteiger partial charge in [0.2, 0.25) is 5.91 Å². The summed E-state index contributed by atoms with van der Waals surface area (Å²) < 4.78 is 0. The Balaban J connectivity index is 2.30. The van der Waals surface area contributed by atoms with Crippen molar-refractivity contribution in [2.24, 2.45) is 0 Å². The number of aliphatic carboxylic acids is 1. The first kappa shape index (κ1) is 14.6. The van der Waals surface area contributed by atoms with Gasteiger partial charge in [-0.1, -0.05) is 36.2 Å². The quantitative estimate of drug-likeness (QED) is 0.897. The minimum absolute atomic E-state index is 0.0424. The van der Waals surface area contributed by atoms with E-state index in [2.05, 4.69) is 0 Å². The Kier molecular flexibility index (Phi) is 4.12. The second-order valence-electron chi connectivity index (χ2n) is 5.52. The number of rotatable bonds is 5. The molecule has 1 aromatic carbocycles. The van der Waals surface area contributed by atoms with Gasteiger partial charge in [0.1, 0.15) is 6.54 Å². The molecule has 1 saturated carbocycles. The van der Waals surface area contributed by atoms with Crippen molar-refractivity contribution >= 4 is 11.9 Å². The van der Waals surface area contributed by atoms with Gasteiger partial charge in [-0.05, 0) is 32.3 Å².